The summed E-state index contributed by atoms with van der Waals surface area (Å²) in [5, 5.41) is 0. The van der Waals surface area contributed by atoms with E-state index in [9.17, 15) is 4.79 Å². The first-order chi connectivity index (χ1) is 5.04. The highest BCUT2D eigenvalue weighted by molar-refractivity contribution is 9.10. The van der Waals surface area contributed by atoms with Gasteiger partial charge >= 0.3 is 0 Å². The Kier molecular flexibility index (Phi) is 0.753. The molecule has 1 rings (SSSR count). The molecule has 0 bridgehead atoms. The van der Waals surface area contributed by atoms with Crippen LogP contribution in [0.3, 0.4) is 0 Å². The van der Waals surface area contributed by atoms with E-state index in [2.05, 4.69) is 20.9 Å². The first-order valence-corrected chi connectivity index (χ1v) is 2.69. The maximum atomic E-state index is 10.7. The Morgan fingerprint density at radius 2 is 2.50 bits per heavy atom. The Morgan fingerprint density at radius 3 is 3.25 bits per heavy atom. The Bertz CT molecular complexity index is 348. The van der Waals surface area contributed by atoms with Crippen molar-refractivity contribution in [3.05, 3.63) is 33.1 Å². The predicted molar refractivity (Wildman–Crippen MR) is 34.8 cm³/mol. The van der Waals surface area contributed by atoms with E-state index >= 15 is 0 Å². The fourth-order valence-electron chi connectivity index (χ4n) is 0.286. The molecule has 0 aliphatic heterocycles. The number of H-pyrrole nitrogens is 1. The standard InChI is InChI=1S/C5H4BrNO/c6-4-1-2-5(8)7-3-4/h1-3H,(H,7,8)/i1D,2D,3D. The molecule has 0 aromatic carbocycles. The van der Waals surface area contributed by atoms with Crippen molar-refractivity contribution in [3.8, 4) is 0 Å². The molecular weight excluding hydrogens is 170 g/mol. The first-order valence-electron chi connectivity index (χ1n) is 3.39. The lowest BCUT2D eigenvalue weighted by atomic mass is 10.5. The molecule has 0 amide bonds. The van der Waals surface area contributed by atoms with Gasteiger partial charge in [-0.05, 0) is 22.0 Å². The van der Waals surface area contributed by atoms with Gasteiger partial charge in [0.25, 0.3) is 0 Å². The smallest absolute Gasteiger partial charge is 0.247 e. The molecule has 0 saturated heterocycles. The van der Waals surface area contributed by atoms with E-state index in [1.807, 2.05) is 0 Å². The zero-order valence-electron chi connectivity index (χ0n) is 6.79. The molecule has 0 fully saturated rings. The number of aromatic nitrogens is 1. The zero-order valence-corrected chi connectivity index (χ0v) is 5.37. The maximum Gasteiger partial charge on any atom is 0.247 e. The number of rotatable bonds is 0. The quantitative estimate of drug-likeness (QED) is 0.633. The van der Waals surface area contributed by atoms with Crippen LogP contribution in [0.1, 0.15) is 4.11 Å². The molecular formula is C5H4BrNO. The van der Waals surface area contributed by atoms with Crippen molar-refractivity contribution in [1.82, 2.24) is 4.98 Å². The average Bonchev–Trinajstić information content (AvgIpc) is 1.97. The number of halogens is 1. The van der Waals surface area contributed by atoms with Crippen LogP contribution in [0, 0.1) is 0 Å². The van der Waals surface area contributed by atoms with E-state index in [0.717, 1.165) is 0 Å². The molecule has 1 aromatic rings. The summed E-state index contributed by atoms with van der Waals surface area (Å²) in [6.07, 6.45) is -0.170. The van der Waals surface area contributed by atoms with Crippen molar-refractivity contribution in [1.29, 1.82) is 0 Å². The highest BCUT2D eigenvalue weighted by Gasteiger charge is 1.80. The molecule has 3 heteroatoms. The summed E-state index contributed by atoms with van der Waals surface area (Å²) in [4.78, 5) is 12.8. The summed E-state index contributed by atoms with van der Waals surface area (Å²) >= 11 is 2.90. The molecule has 1 aromatic heterocycles. The third kappa shape index (κ3) is 1.20. The van der Waals surface area contributed by atoms with Crippen molar-refractivity contribution in [3.63, 3.8) is 0 Å². The topological polar surface area (TPSA) is 32.9 Å². The minimum absolute atomic E-state index is 0.141. The molecule has 2 nitrogen and oxygen atoms in total. The monoisotopic (exact) mass is 176 g/mol. The molecule has 1 heterocycles. The van der Waals surface area contributed by atoms with Gasteiger partial charge in [-0.15, -0.1) is 0 Å². The van der Waals surface area contributed by atoms with Crippen LogP contribution >= 0.6 is 15.9 Å². The van der Waals surface area contributed by atoms with Crippen LogP contribution in [0.25, 0.3) is 0 Å². The van der Waals surface area contributed by atoms with Gasteiger partial charge in [-0.25, -0.2) is 0 Å². The molecule has 1 N–H and O–H groups in total. The minimum Gasteiger partial charge on any atom is -0.328 e. The lowest BCUT2D eigenvalue weighted by molar-refractivity contribution is 1.22. The summed E-state index contributed by atoms with van der Waals surface area (Å²) in [6, 6.07) is -0.674. The SMILES string of the molecule is [2H]c1[nH]c(=O)c([2H])c([2H])c1Br. The summed E-state index contributed by atoms with van der Waals surface area (Å²) < 4.78 is 21.4. The number of aromatic amines is 1. The fraction of sp³-hybridized carbons (Fsp3) is 0. The number of hydrogen-bond donors (Lipinski definition) is 1. The van der Waals surface area contributed by atoms with Crippen LogP contribution in [0.15, 0.2) is 27.5 Å². The number of nitrogens with one attached hydrogen (secondary N) is 1. The highest BCUT2D eigenvalue weighted by Crippen LogP contribution is 2.01. The van der Waals surface area contributed by atoms with E-state index in [-0.39, 0.29) is 16.7 Å². The molecule has 0 saturated carbocycles. The average molecular weight is 177 g/mol. The minimum atomic E-state index is -0.705. The van der Waals surface area contributed by atoms with Crippen LogP contribution in [0.5, 0.6) is 0 Å². The van der Waals surface area contributed by atoms with Crippen molar-refractivity contribution in [2.45, 2.75) is 0 Å². The van der Waals surface area contributed by atoms with E-state index in [1.165, 1.54) is 0 Å². The normalized spacial score (nSPS) is 14.4. The summed E-state index contributed by atoms with van der Waals surface area (Å²) in [5.41, 5.74) is -0.705. The number of hydrogen-bond acceptors (Lipinski definition) is 1. The lowest BCUT2D eigenvalue weighted by Crippen LogP contribution is -1.99. The van der Waals surface area contributed by atoms with Gasteiger partial charge < -0.3 is 4.98 Å². The molecule has 0 aliphatic carbocycles. The van der Waals surface area contributed by atoms with Gasteiger partial charge in [-0.1, -0.05) is 0 Å². The van der Waals surface area contributed by atoms with Crippen LogP contribution in [0.2, 0.25) is 0 Å². The molecule has 0 radical (unpaired) electrons. The molecule has 42 valence electrons. The van der Waals surface area contributed by atoms with Gasteiger partial charge in [-0.2, -0.15) is 0 Å². The molecule has 0 spiro atoms. The first kappa shape index (κ1) is 2.82. The largest absolute Gasteiger partial charge is 0.328 e. The van der Waals surface area contributed by atoms with Crippen molar-refractivity contribution >= 4 is 15.9 Å². The Morgan fingerprint density at radius 1 is 1.75 bits per heavy atom. The molecule has 0 atom stereocenters. The second-order valence-electron chi connectivity index (χ2n) is 1.14. The van der Waals surface area contributed by atoms with Gasteiger partial charge in [0.2, 0.25) is 5.56 Å². The highest BCUT2D eigenvalue weighted by atomic mass is 79.9. The second kappa shape index (κ2) is 2.13. The Hall–Kier alpha value is -0.570. The van der Waals surface area contributed by atoms with Gasteiger partial charge in [0.1, 0.15) is 0 Å². The second-order valence-corrected chi connectivity index (χ2v) is 1.94. The van der Waals surface area contributed by atoms with Crippen molar-refractivity contribution < 1.29 is 4.11 Å². The summed E-state index contributed by atoms with van der Waals surface area (Å²) in [6.45, 7) is 0. The summed E-state index contributed by atoms with van der Waals surface area (Å²) in [5.74, 6) is 0. The van der Waals surface area contributed by atoms with Gasteiger partial charge in [-0.3, -0.25) is 4.79 Å². The maximum absolute atomic E-state index is 10.7. The molecule has 0 unspecified atom stereocenters. The van der Waals surface area contributed by atoms with Gasteiger partial charge in [0.15, 0.2) is 0 Å². The van der Waals surface area contributed by atoms with Crippen molar-refractivity contribution in [2.75, 3.05) is 0 Å². The Balaban J connectivity index is 3.59. The van der Waals surface area contributed by atoms with Crippen LogP contribution in [-0.4, -0.2) is 4.98 Å². The molecule has 0 aliphatic rings. The third-order valence-corrected chi connectivity index (χ3v) is 0.968. The lowest BCUT2D eigenvalue weighted by Gasteiger charge is -1.82. The van der Waals surface area contributed by atoms with Crippen LogP contribution in [0.4, 0.5) is 0 Å². The van der Waals surface area contributed by atoms with E-state index in [4.69, 9.17) is 4.11 Å². The summed E-state index contributed by atoms with van der Waals surface area (Å²) in [7, 11) is 0. The van der Waals surface area contributed by atoms with Gasteiger partial charge in [0.05, 0.1) is 4.11 Å². The molecule has 8 heavy (non-hydrogen) atoms. The fourth-order valence-corrected chi connectivity index (χ4v) is 0.484. The van der Waals surface area contributed by atoms with E-state index in [1.54, 1.807) is 0 Å². The zero-order chi connectivity index (χ0) is 8.59. The van der Waals surface area contributed by atoms with E-state index in [0.29, 0.717) is 0 Å². The van der Waals surface area contributed by atoms with E-state index < -0.39 is 11.6 Å². The van der Waals surface area contributed by atoms with Crippen molar-refractivity contribution in [2.24, 2.45) is 0 Å². The number of pyridine rings is 1. The van der Waals surface area contributed by atoms with Crippen LogP contribution < -0.4 is 5.56 Å². The van der Waals surface area contributed by atoms with Crippen LogP contribution in [-0.2, 0) is 0 Å². The van der Waals surface area contributed by atoms with Gasteiger partial charge in [0, 0.05) is 16.7 Å². The Labute approximate surface area is 58.9 Å². The third-order valence-electron chi connectivity index (χ3n) is 0.572. The predicted octanol–water partition coefficient (Wildman–Crippen LogP) is 1.14.